The minimum absolute atomic E-state index is 1.06. The lowest BCUT2D eigenvalue weighted by Gasteiger charge is -2.08. The summed E-state index contributed by atoms with van der Waals surface area (Å²) in [5, 5.41) is 1.26. The van der Waals surface area contributed by atoms with Crippen molar-refractivity contribution >= 4 is 10.9 Å². The Morgan fingerprint density at radius 3 is 2.52 bits per heavy atom. The average Bonchev–Trinajstić information content (AvgIpc) is 2.53. The second-order valence-corrected chi connectivity index (χ2v) is 5.65. The van der Waals surface area contributed by atoms with Gasteiger partial charge in [-0.05, 0) is 43.0 Å². The van der Waals surface area contributed by atoms with Gasteiger partial charge in [0.05, 0.1) is 11.2 Å². The van der Waals surface area contributed by atoms with Crippen LogP contribution in [-0.2, 0) is 6.42 Å². The number of aryl methyl sites for hydroxylation is 2. The number of aromatic nitrogens is 1. The Morgan fingerprint density at radius 2 is 1.76 bits per heavy atom. The Labute approximate surface area is 126 Å². The smallest absolute Gasteiger partial charge is 0.0714 e. The number of hydrogen-bond acceptors (Lipinski definition) is 1. The molecule has 3 aromatic rings. The molecule has 0 saturated heterocycles. The van der Waals surface area contributed by atoms with Crippen LogP contribution in [0.5, 0.6) is 0 Å². The van der Waals surface area contributed by atoms with Crippen molar-refractivity contribution in [3.05, 3.63) is 65.7 Å². The molecular formula is C20H21N. The maximum atomic E-state index is 4.88. The molecule has 1 heterocycles. The Balaban J connectivity index is 2.08. The number of rotatable bonds is 4. The standard InChI is InChI=1S/C20H21N/c1-3-4-8-16-11-12-18-15(2)13-19(21-20(18)14-16)17-9-6-5-7-10-17/h5-7,9-14H,3-4,8H2,1-2H3. The largest absolute Gasteiger partial charge is 0.248 e. The minimum Gasteiger partial charge on any atom is -0.248 e. The van der Waals surface area contributed by atoms with E-state index in [1.54, 1.807) is 0 Å². The van der Waals surface area contributed by atoms with Crippen LogP contribution >= 0.6 is 0 Å². The second kappa shape index (κ2) is 6.09. The van der Waals surface area contributed by atoms with Crippen molar-refractivity contribution in [3.8, 4) is 11.3 Å². The second-order valence-electron chi connectivity index (χ2n) is 5.65. The fourth-order valence-electron chi connectivity index (χ4n) is 2.74. The van der Waals surface area contributed by atoms with E-state index < -0.39 is 0 Å². The van der Waals surface area contributed by atoms with E-state index in [4.69, 9.17) is 4.98 Å². The third-order valence-corrected chi connectivity index (χ3v) is 3.97. The predicted octanol–water partition coefficient (Wildman–Crippen LogP) is 5.55. The van der Waals surface area contributed by atoms with Gasteiger partial charge < -0.3 is 0 Å². The molecule has 0 aliphatic carbocycles. The van der Waals surface area contributed by atoms with E-state index in [1.165, 1.54) is 34.9 Å². The summed E-state index contributed by atoms with van der Waals surface area (Å²) in [4.78, 5) is 4.88. The molecule has 1 nitrogen and oxygen atoms in total. The van der Waals surface area contributed by atoms with Crippen molar-refractivity contribution in [2.75, 3.05) is 0 Å². The first-order chi connectivity index (χ1) is 10.3. The molecule has 21 heavy (non-hydrogen) atoms. The molecule has 0 unspecified atom stereocenters. The van der Waals surface area contributed by atoms with Crippen LogP contribution < -0.4 is 0 Å². The lowest BCUT2D eigenvalue weighted by Crippen LogP contribution is -1.91. The first kappa shape index (κ1) is 13.8. The van der Waals surface area contributed by atoms with Crippen molar-refractivity contribution in [2.24, 2.45) is 0 Å². The fraction of sp³-hybridized carbons (Fsp3) is 0.250. The molecular weight excluding hydrogens is 254 g/mol. The van der Waals surface area contributed by atoms with E-state index in [0.29, 0.717) is 0 Å². The molecule has 3 rings (SSSR count). The summed E-state index contributed by atoms with van der Waals surface area (Å²) in [6, 6.07) is 19.3. The molecule has 0 saturated carbocycles. The lowest BCUT2D eigenvalue weighted by atomic mass is 10.0. The molecule has 0 atom stereocenters. The van der Waals surface area contributed by atoms with E-state index in [0.717, 1.165) is 17.6 Å². The summed E-state index contributed by atoms with van der Waals surface area (Å²) in [6.45, 7) is 4.40. The molecule has 0 spiro atoms. The quantitative estimate of drug-likeness (QED) is 0.608. The Bertz CT molecular complexity index is 744. The molecule has 1 heteroatoms. The van der Waals surface area contributed by atoms with Gasteiger partial charge in [-0.1, -0.05) is 55.8 Å². The highest BCUT2D eigenvalue weighted by Gasteiger charge is 2.05. The highest BCUT2D eigenvalue weighted by molar-refractivity contribution is 5.85. The van der Waals surface area contributed by atoms with Crippen LogP contribution in [-0.4, -0.2) is 4.98 Å². The maximum absolute atomic E-state index is 4.88. The number of unbranched alkanes of at least 4 members (excludes halogenated alkanes) is 1. The highest BCUT2D eigenvalue weighted by atomic mass is 14.7. The van der Waals surface area contributed by atoms with Gasteiger partial charge in [0.25, 0.3) is 0 Å². The van der Waals surface area contributed by atoms with Crippen LogP contribution in [0.3, 0.4) is 0 Å². The van der Waals surface area contributed by atoms with Crippen LogP contribution in [0.2, 0.25) is 0 Å². The summed E-state index contributed by atoms with van der Waals surface area (Å²) in [5.74, 6) is 0. The van der Waals surface area contributed by atoms with E-state index in [2.05, 4.69) is 62.4 Å². The molecule has 0 aliphatic heterocycles. The number of benzene rings is 2. The van der Waals surface area contributed by atoms with Crippen LogP contribution in [0.4, 0.5) is 0 Å². The van der Waals surface area contributed by atoms with Crippen molar-refractivity contribution in [1.29, 1.82) is 0 Å². The first-order valence-electron chi connectivity index (χ1n) is 7.73. The van der Waals surface area contributed by atoms with Crippen LogP contribution in [0.1, 0.15) is 30.9 Å². The fourth-order valence-corrected chi connectivity index (χ4v) is 2.74. The van der Waals surface area contributed by atoms with Crippen molar-refractivity contribution < 1.29 is 0 Å². The Hall–Kier alpha value is -2.15. The summed E-state index contributed by atoms with van der Waals surface area (Å²) < 4.78 is 0. The van der Waals surface area contributed by atoms with E-state index in [1.807, 2.05) is 6.07 Å². The highest BCUT2D eigenvalue weighted by Crippen LogP contribution is 2.25. The Morgan fingerprint density at radius 1 is 0.952 bits per heavy atom. The third kappa shape index (κ3) is 2.97. The first-order valence-corrected chi connectivity index (χ1v) is 7.73. The zero-order valence-corrected chi connectivity index (χ0v) is 12.8. The van der Waals surface area contributed by atoms with Gasteiger partial charge in [-0.25, -0.2) is 4.98 Å². The molecule has 0 bridgehead atoms. The van der Waals surface area contributed by atoms with E-state index in [-0.39, 0.29) is 0 Å². The number of nitrogens with zero attached hydrogens (tertiary/aromatic N) is 1. The lowest BCUT2D eigenvalue weighted by molar-refractivity contribution is 0.796. The van der Waals surface area contributed by atoms with Gasteiger partial charge in [0, 0.05) is 10.9 Å². The minimum atomic E-state index is 1.06. The molecule has 0 aliphatic rings. The van der Waals surface area contributed by atoms with Gasteiger partial charge in [0.15, 0.2) is 0 Å². The molecule has 0 N–H and O–H groups in total. The topological polar surface area (TPSA) is 12.9 Å². The Kier molecular flexibility index (Phi) is 4.01. The van der Waals surface area contributed by atoms with Gasteiger partial charge in [-0.15, -0.1) is 0 Å². The van der Waals surface area contributed by atoms with Crippen molar-refractivity contribution in [1.82, 2.24) is 4.98 Å². The van der Waals surface area contributed by atoms with Gasteiger partial charge in [0.1, 0.15) is 0 Å². The summed E-state index contributed by atoms with van der Waals surface area (Å²) in [5.41, 5.74) is 6.04. The van der Waals surface area contributed by atoms with Gasteiger partial charge >= 0.3 is 0 Å². The third-order valence-electron chi connectivity index (χ3n) is 3.97. The van der Waals surface area contributed by atoms with Gasteiger partial charge in [0.2, 0.25) is 0 Å². The summed E-state index contributed by atoms with van der Waals surface area (Å²) in [6.07, 6.45) is 3.61. The molecule has 0 amide bonds. The molecule has 0 radical (unpaired) electrons. The number of hydrogen-bond donors (Lipinski definition) is 0. The van der Waals surface area contributed by atoms with Crippen LogP contribution in [0.15, 0.2) is 54.6 Å². The zero-order chi connectivity index (χ0) is 14.7. The monoisotopic (exact) mass is 275 g/mol. The van der Waals surface area contributed by atoms with E-state index in [9.17, 15) is 0 Å². The molecule has 2 aromatic carbocycles. The SMILES string of the molecule is CCCCc1ccc2c(C)cc(-c3ccccc3)nc2c1. The predicted molar refractivity (Wildman–Crippen MR) is 90.5 cm³/mol. The van der Waals surface area contributed by atoms with Crippen molar-refractivity contribution in [3.63, 3.8) is 0 Å². The normalized spacial score (nSPS) is 11.0. The maximum Gasteiger partial charge on any atom is 0.0714 e. The van der Waals surface area contributed by atoms with Crippen LogP contribution in [0.25, 0.3) is 22.2 Å². The van der Waals surface area contributed by atoms with Gasteiger partial charge in [-0.2, -0.15) is 0 Å². The van der Waals surface area contributed by atoms with E-state index >= 15 is 0 Å². The van der Waals surface area contributed by atoms with Gasteiger partial charge in [-0.3, -0.25) is 0 Å². The number of pyridine rings is 1. The number of fused-ring (bicyclic) bond motifs is 1. The van der Waals surface area contributed by atoms with Crippen LogP contribution in [0, 0.1) is 6.92 Å². The zero-order valence-electron chi connectivity index (χ0n) is 12.8. The molecule has 106 valence electrons. The average molecular weight is 275 g/mol. The summed E-state index contributed by atoms with van der Waals surface area (Å²) in [7, 11) is 0. The molecule has 0 fully saturated rings. The molecule has 1 aromatic heterocycles. The van der Waals surface area contributed by atoms with Crippen molar-refractivity contribution in [2.45, 2.75) is 33.1 Å². The summed E-state index contributed by atoms with van der Waals surface area (Å²) >= 11 is 0.